The van der Waals surface area contributed by atoms with E-state index in [-0.39, 0.29) is 5.78 Å². The zero-order valence-electron chi connectivity index (χ0n) is 12.2. The van der Waals surface area contributed by atoms with E-state index >= 15 is 0 Å². The first-order chi connectivity index (χ1) is 9.70. The molecular formula is C18H21NO. The van der Waals surface area contributed by atoms with Gasteiger partial charge >= 0.3 is 0 Å². The van der Waals surface area contributed by atoms with E-state index in [4.69, 9.17) is 0 Å². The first kappa shape index (κ1) is 14.4. The van der Waals surface area contributed by atoms with Crippen molar-refractivity contribution in [3.63, 3.8) is 0 Å². The Balaban J connectivity index is 2.05. The highest BCUT2D eigenvalue weighted by atomic mass is 16.1. The molecular weight excluding hydrogens is 246 g/mol. The molecule has 0 bridgehead atoms. The van der Waals surface area contributed by atoms with Crippen LogP contribution in [0.1, 0.15) is 53.4 Å². The number of rotatable bonds is 6. The number of carbonyl (C=O) groups excluding carboxylic acids is 1. The molecule has 0 radical (unpaired) electrons. The van der Waals surface area contributed by atoms with Crippen molar-refractivity contribution in [2.24, 2.45) is 0 Å². The topological polar surface area (TPSA) is 30.0 Å². The van der Waals surface area contributed by atoms with Crippen molar-refractivity contribution in [2.45, 2.75) is 39.5 Å². The molecule has 0 aliphatic rings. The molecule has 0 aliphatic heterocycles. The maximum atomic E-state index is 12.3. The van der Waals surface area contributed by atoms with E-state index in [2.05, 4.69) is 24.0 Å². The number of unbranched alkanes of at least 4 members (excludes halogenated alkanes) is 2. The van der Waals surface area contributed by atoms with Gasteiger partial charge in [0.15, 0.2) is 0 Å². The van der Waals surface area contributed by atoms with E-state index < -0.39 is 0 Å². The molecule has 0 spiro atoms. The predicted octanol–water partition coefficient (Wildman–Crippen LogP) is 4.35. The van der Waals surface area contributed by atoms with Crippen molar-refractivity contribution < 1.29 is 4.79 Å². The van der Waals surface area contributed by atoms with Gasteiger partial charge in [-0.25, -0.2) is 0 Å². The van der Waals surface area contributed by atoms with Crippen LogP contribution in [0.3, 0.4) is 0 Å². The van der Waals surface area contributed by atoms with Crippen molar-refractivity contribution in [1.82, 2.24) is 4.98 Å². The van der Waals surface area contributed by atoms with Gasteiger partial charge in [-0.1, -0.05) is 50.1 Å². The lowest BCUT2D eigenvalue weighted by atomic mass is 10.0. The summed E-state index contributed by atoms with van der Waals surface area (Å²) >= 11 is 0. The number of aromatic nitrogens is 1. The van der Waals surface area contributed by atoms with Crippen LogP contribution in [-0.4, -0.2) is 10.8 Å². The van der Waals surface area contributed by atoms with Gasteiger partial charge in [0, 0.05) is 11.8 Å². The molecule has 104 valence electrons. The van der Waals surface area contributed by atoms with Crippen LogP contribution in [0.2, 0.25) is 0 Å². The Bertz CT molecular complexity index is 555. The molecule has 2 heteroatoms. The SMILES string of the molecule is CCCCCc1ccc(C(=O)c2ccc(C)cn2)cc1. The lowest BCUT2D eigenvalue weighted by molar-refractivity contribution is 0.103. The van der Waals surface area contributed by atoms with Crippen molar-refractivity contribution in [3.05, 3.63) is 65.0 Å². The summed E-state index contributed by atoms with van der Waals surface area (Å²) in [7, 11) is 0. The highest BCUT2D eigenvalue weighted by molar-refractivity contribution is 6.07. The minimum atomic E-state index is -0.00916. The molecule has 1 heterocycles. The smallest absolute Gasteiger partial charge is 0.211 e. The van der Waals surface area contributed by atoms with E-state index in [0.717, 1.165) is 12.0 Å². The summed E-state index contributed by atoms with van der Waals surface area (Å²) in [4.78, 5) is 16.5. The summed E-state index contributed by atoms with van der Waals surface area (Å²) in [5, 5.41) is 0. The molecule has 0 amide bonds. The van der Waals surface area contributed by atoms with Crippen LogP contribution < -0.4 is 0 Å². The fraction of sp³-hybridized carbons (Fsp3) is 0.333. The molecule has 0 N–H and O–H groups in total. The minimum Gasteiger partial charge on any atom is -0.287 e. The van der Waals surface area contributed by atoms with Crippen molar-refractivity contribution in [2.75, 3.05) is 0 Å². The zero-order valence-corrected chi connectivity index (χ0v) is 12.2. The number of pyridine rings is 1. The van der Waals surface area contributed by atoms with Gasteiger partial charge in [-0.05, 0) is 37.0 Å². The summed E-state index contributed by atoms with van der Waals surface area (Å²) in [5.41, 5.74) is 3.58. The quantitative estimate of drug-likeness (QED) is 0.575. The normalized spacial score (nSPS) is 10.5. The highest BCUT2D eigenvalue weighted by Gasteiger charge is 2.09. The van der Waals surface area contributed by atoms with Crippen LogP contribution in [0.15, 0.2) is 42.6 Å². The van der Waals surface area contributed by atoms with Gasteiger partial charge in [0.05, 0.1) is 0 Å². The van der Waals surface area contributed by atoms with Gasteiger partial charge < -0.3 is 0 Å². The molecule has 2 rings (SSSR count). The third-order valence-corrected chi connectivity index (χ3v) is 3.43. The third kappa shape index (κ3) is 3.77. The van der Waals surface area contributed by atoms with Crippen LogP contribution >= 0.6 is 0 Å². The summed E-state index contributed by atoms with van der Waals surface area (Å²) in [5.74, 6) is -0.00916. The van der Waals surface area contributed by atoms with Crippen LogP contribution in [0.25, 0.3) is 0 Å². The van der Waals surface area contributed by atoms with E-state index in [1.807, 2.05) is 25.1 Å². The first-order valence-corrected chi connectivity index (χ1v) is 7.27. The molecule has 0 saturated heterocycles. The first-order valence-electron chi connectivity index (χ1n) is 7.27. The standard InChI is InChI=1S/C18H21NO/c1-3-4-5-6-15-8-10-16(11-9-15)18(20)17-12-7-14(2)13-19-17/h7-13H,3-6H2,1-2H3. The molecule has 0 atom stereocenters. The molecule has 0 unspecified atom stereocenters. The Labute approximate surface area is 120 Å². The Kier molecular flexibility index (Phi) is 5.05. The summed E-state index contributed by atoms with van der Waals surface area (Å²) in [6.45, 7) is 4.17. The number of carbonyl (C=O) groups is 1. The zero-order chi connectivity index (χ0) is 14.4. The monoisotopic (exact) mass is 267 g/mol. The maximum absolute atomic E-state index is 12.3. The van der Waals surface area contributed by atoms with Crippen molar-refractivity contribution in [1.29, 1.82) is 0 Å². The number of nitrogens with zero attached hydrogens (tertiary/aromatic N) is 1. The van der Waals surface area contributed by atoms with Crippen LogP contribution in [-0.2, 0) is 6.42 Å². The third-order valence-electron chi connectivity index (χ3n) is 3.43. The maximum Gasteiger partial charge on any atom is 0.211 e. The summed E-state index contributed by atoms with van der Waals surface area (Å²) < 4.78 is 0. The van der Waals surface area contributed by atoms with Crippen molar-refractivity contribution in [3.8, 4) is 0 Å². The van der Waals surface area contributed by atoms with Gasteiger partial charge in [0.1, 0.15) is 5.69 Å². The minimum absolute atomic E-state index is 0.00916. The second kappa shape index (κ2) is 6.99. The lowest BCUT2D eigenvalue weighted by Gasteiger charge is -2.04. The van der Waals surface area contributed by atoms with Gasteiger partial charge in [-0.15, -0.1) is 0 Å². The number of benzene rings is 1. The Hall–Kier alpha value is -1.96. The molecule has 0 aliphatic carbocycles. The largest absolute Gasteiger partial charge is 0.287 e. The van der Waals surface area contributed by atoms with E-state index in [1.54, 1.807) is 12.3 Å². The average Bonchev–Trinajstić information content (AvgIpc) is 2.48. The second-order valence-corrected chi connectivity index (χ2v) is 5.20. The van der Waals surface area contributed by atoms with E-state index in [1.165, 1.54) is 24.8 Å². The van der Waals surface area contributed by atoms with Crippen LogP contribution in [0.4, 0.5) is 0 Å². The molecule has 0 saturated carbocycles. The highest BCUT2D eigenvalue weighted by Crippen LogP contribution is 2.12. The number of ketones is 1. The van der Waals surface area contributed by atoms with Crippen molar-refractivity contribution >= 4 is 5.78 Å². The fourth-order valence-electron chi connectivity index (χ4n) is 2.15. The number of hydrogen-bond donors (Lipinski definition) is 0. The van der Waals surface area contributed by atoms with Crippen LogP contribution in [0.5, 0.6) is 0 Å². The molecule has 20 heavy (non-hydrogen) atoms. The second-order valence-electron chi connectivity index (χ2n) is 5.20. The molecule has 1 aromatic heterocycles. The van der Waals surface area contributed by atoms with Crippen LogP contribution in [0, 0.1) is 6.92 Å². The van der Waals surface area contributed by atoms with Gasteiger partial charge in [0.25, 0.3) is 0 Å². The van der Waals surface area contributed by atoms with Gasteiger partial charge in [-0.3, -0.25) is 9.78 Å². The molecule has 2 nitrogen and oxygen atoms in total. The Morgan fingerprint density at radius 2 is 1.80 bits per heavy atom. The lowest BCUT2D eigenvalue weighted by Crippen LogP contribution is -2.04. The number of hydrogen-bond acceptors (Lipinski definition) is 2. The molecule has 1 aromatic carbocycles. The summed E-state index contributed by atoms with van der Waals surface area (Å²) in [6.07, 6.45) is 6.52. The Morgan fingerprint density at radius 3 is 2.40 bits per heavy atom. The van der Waals surface area contributed by atoms with E-state index in [0.29, 0.717) is 11.3 Å². The molecule has 0 fully saturated rings. The van der Waals surface area contributed by atoms with E-state index in [9.17, 15) is 4.79 Å². The van der Waals surface area contributed by atoms with Gasteiger partial charge in [0.2, 0.25) is 5.78 Å². The number of aryl methyl sites for hydroxylation is 2. The van der Waals surface area contributed by atoms with Gasteiger partial charge in [-0.2, -0.15) is 0 Å². The summed E-state index contributed by atoms with van der Waals surface area (Å²) in [6, 6.07) is 11.6. The Morgan fingerprint density at radius 1 is 1.05 bits per heavy atom. The average molecular weight is 267 g/mol. The predicted molar refractivity (Wildman–Crippen MR) is 82.1 cm³/mol. The molecule has 2 aromatic rings. The fourth-order valence-corrected chi connectivity index (χ4v) is 2.15.